The lowest BCUT2D eigenvalue weighted by atomic mass is 10.1. The van der Waals surface area contributed by atoms with Crippen LogP contribution in [0.15, 0.2) is 33.2 Å². The molecule has 0 spiro atoms. The summed E-state index contributed by atoms with van der Waals surface area (Å²) in [5, 5.41) is 8.23. The molecule has 0 amide bonds. The number of halogens is 1. The van der Waals surface area contributed by atoms with Gasteiger partial charge in [0.05, 0.1) is 18.4 Å². The fourth-order valence-electron chi connectivity index (χ4n) is 2.76. The van der Waals surface area contributed by atoms with Gasteiger partial charge in [0.2, 0.25) is 21.8 Å². The minimum atomic E-state index is -3.15. The fourth-order valence-corrected chi connectivity index (χ4v) is 4.06. The van der Waals surface area contributed by atoms with Crippen LogP contribution in [0.25, 0.3) is 11.5 Å². The average molecular weight is 415 g/mol. The maximum atomic E-state index is 11.3. The summed E-state index contributed by atoms with van der Waals surface area (Å²) in [4.78, 5) is 2.19. The number of hydrogen-bond donors (Lipinski definition) is 1. The number of rotatable bonds is 5. The molecule has 0 unspecified atom stereocenters. The summed E-state index contributed by atoms with van der Waals surface area (Å²) in [6.07, 6.45) is 2.75. The van der Waals surface area contributed by atoms with Crippen LogP contribution >= 0.6 is 15.9 Å². The van der Waals surface area contributed by atoms with E-state index in [1.807, 2.05) is 24.3 Å². The molecule has 24 heavy (non-hydrogen) atoms. The number of aromatic nitrogens is 2. The minimum Gasteiger partial charge on any atom is -0.419 e. The molecule has 1 aliphatic heterocycles. The Morgan fingerprint density at radius 3 is 2.67 bits per heavy atom. The van der Waals surface area contributed by atoms with Gasteiger partial charge >= 0.3 is 0 Å². The smallest absolute Gasteiger partial charge is 0.248 e. The molecule has 9 heteroatoms. The van der Waals surface area contributed by atoms with E-state index in [-0.39, 0.29) is 6.04 Å². The molecule has 1 saturated heterocycles. The molecule has 0 bridgehead atoms. The molecule has 2 heterocycles. The van der Waals surface area contributed by atoms with E-state index in [2.05, 4.69) is 35.7 Å². The van der Waals surface area contributed by atoms with Crippen LogP contribution in [-0.2, 0) is 16.6 Å². The number of nitrogens with zero attached hydrogens (tertiary/aromatic N) is 3. The van der Waals surface area contributed by atoms with Crippen LogP contribution < -0.4 is 4.72 Å². The summed E-state index contributed by atoms with van der Waals surface area (Å²) >= 11 is 3.48. The number of hydrogen-bond acceptors (Lipinski definition) is 6. The third-order valence-electron chi connectivity index (χ3n) is 3.90. The normalized spacial score (nSPS) is 17.2. The zero-order valence-electron chi connectivity index (χ0n) is 13.3. The molecule has 1 aromatic carbocycles. The number of likely N-dealkylation sites (tertiary alicyclic amines) is 1. The van der Waals surface area contributed by atoms with E-state index in [1.165, 1.54) is 6.26 Å². The van der Waals surface area contributed by atoms with E-state index >= 15 is 0 Å². The van der Waals surface area contributed by atoms with Crippen molar-refractivity contribution in [1.29, 1.82) is 0 Å². The van der Waals surface area contributed by atoms with E-state index in [9.17, 15) is 8.42 Å². The highest BCUT2D eigenvalue weighted by atomic mass is 79.9. The van der Waals surface area contributed by atoms with Crippen LogP contribution in [0.4, 0.5) is 0 Å². The van der Waals surface area contributed by atoms with Crippen molar-refractivity contribution >= 4 is 26.0 Å². The van der Waals surface area contributed by atoms with Gasteiger partial charge in [0.25, 0.3) is 0 Å². The highest BCUT2D eigenvalue weighted by Gasteiger charge is 2.23. The highest BCUT2D eigenvalue weighted by molar-refractivity contribution is 9.10. The van der Waals surface area contributed by atoms with Crippen LogP contribution in [0.3, 0.4) is 0 Å². The molecule has 0 aliphatic carbocycles. The maximum Gasteiger partial charge on any atom is 0.248 e. The van der Waals surface area contributed by atoms with Crippen molar-refractivity contribution in [3.63, 3.8) is 0 Å². The van der Waals surface area contributed by atoms with Crippen molar-refractivity contribution < 1.29 is 12.8 Å². The number of benzene rings is 1. The maximum absolute atomic E-state index is 11.3. The second kappa shape index (κ2) is 7.30. The quantitative estimate of drug-likeness (QED) is 0.804. The Kier molecular flexibility index (Phi) is 5.33. The van der Waals surface area contributed by atoms with E-state index in [0.717, 1.165) is 36.0 Å². The fraction of sp³-hybridized carbons (Fsp3) is 0.467. The van der Waals surface area contributed by atoms with Gasteiger partial charge < -0.3 is 4.42 Å². The van der Waals surface area contributed by atoms with Gasteiger partial charge in [0, 0.05) is 23.6 Å². The number of nitrogens with one attached hydrogen (secondary N) is 1. The monoisotopic (exact) mass is 414 g/mol. The van der Waals surface area contributed by atoms with Gasteiger partial charge in [-0.05, 0) is 40.9 Å². The zero-order chi connectivity index (χ0) is 17.2. The molecule has 7 nitrogen and oxygen atoms in total. The lowest BCUT2D eigenvalue weighted by molar-refractivity contribution is 0.184. The topological polar surface area (TPSA) is 88.3 Å². The first-order valence-electron chi connectivity index (χ1n) is 7.67. The molecule has 0 saturated carbocycles. The summed E-state index contributed by atoms with van der Waals surface area (Å²) < 4.78 is 31.9. The molecule has 130 valence electrons. The van der Waals surface area contributed by atoms with Crippen LogP contribution in [0.5, 0.6) is 0 Å². The van der Waals surface area contributed by atoms with Crippen molar-refractivity contribution in [3.8, 4) is 11.5 Å². The first-order valence-corrected chi connectivity index (χ1v) is 10.4. The van der Waals surface area contributed by atoms with E-state index in [1.54, 1.807) is 0 Å². The van der Waals surface area contributed by atoms with Crippen molar-refractivity contribution in [1.82, 2.24) is 19.8 Å². The molecule has 2 aromatic rings. The highest BCUT2D eigenvalue weighted by Crippen LogP contribution is 2.27. The van der Waals surface area contributed by atoms with Gasteiger partial charge in [-0.25, -0.2) is 13.1 Å². The Morgan fingerprint density at radius 1 is 1.29 bits per heavy atom. The third-order valence-corrected chi connectivity index (χ3v) is 5.35. The summed E-state index contributed by atoms with van der Waals surface area (Å²) in [5.74, 6) is 1.06. The number of piperidine rings is 1. The molecule has 1 fully saturated rings. The molecule has 0 radical (unpaired) electrons. The van der Waals surface area contributed by atoms with E-state index in [0.29, 0.717) is 18.3 Å². The van der Waals surface area contributed by atoms with Gasteiger partial charge in [-0.15, -0.1) is 10.2 Å². The molecular weight excluding hydrogens is 396 g/mol. The standard InChI is InChI=1S/C15H19BrN4O3S/c1-24(21,22)19-11-6-8-20(9-7-11)10-14-17-18-15(23-14)12-4-2-3-5-13(12)16/h2-5,11,19H,6-10H2,1H3. The summed E-state index contributed by atoms with van der Waals surface area (Å²) in [6.45, 7) is 2.16. The number of sulfonamides is 1. The zero-order valence-corrected chi connectivity index (χ0v) is 15.7. The van der Waals surface area contributed by atoms with Crippen molar-refractivity contribution in [3.05, 3.63) is 34.6 Å². The predicted octanol–water partition coefficient (Wildman–Crippen LogP) is 2.01. The Bertz CT molecular complexity index is 801. The Balaban J connectivity index is 1.58. The Hall–Kier alpha value is -1.29. The molecule has 1 N–H and O–H groups in total. The molecule has 3 rings (SSSR count). The largest absolute Gasteiger partial charge is 0.419 e. The molecule has 1 aromatic heterocycles. The van der Waals surface area contributed by atoms with E-state index < -0.39 is 10.0 Å². The first kappa shape index (κ1) is 17.5. The van der Waals surface area contributed by atoms with Gasteiger partial charge in [-0.2, -0.15) is 0 Å². The minimum absolute atomic E-state index is 0.00905. The second-order valence-electron chi connectivity index (χ2n) is 5.92. The lowest BCUT2D eigenvalue weighted by Crippen LogP contribution is -2.43. The average Bonchev–Trinajstić information content (AvgIpc) is 2.96. The first-order chi connectivity index (χ1) is 11.4. The Morgan fingerprint density at radius 2 is 2.00 bits per heavy atom. The molecule has 0 atom stereocenters. The van der Waals surface area contributed by atoms with Crippen LogP contribution in [0.1, 0.15) is 18.7 Å². The van der Waals surface area contributed by atoms with Crippen LogP contribution in [-0.4, -0.2) is 48.9 Å². The van der Waals surface area contributed by atoms with E-state index in [4.69, 9.17) is 4.42 Å². The van der Waals surface area contributed by atoms with Gasteiger partial charge in [0.1, 0.15) is 0 Å². The predicted molar refractivity (Wildman–Crippen MR) is 93.7 cm³/mol. The molecule has 1 aliphatic rings. The second-order valence-corrected chi connectivity index (χ2v) is 8.56. The van der Waals surface area contributed by atoms with Crippen molar-refractivity contribution in [2.75, 3.05) is 19.3 Å². The van der Waals surface area contributed by atoms with Gasteiger partial charge in [-0.1, -0.05) is 12.1 Å². The van der Waals surface area contributed by atoms with Crippen molar-refractivity contribution in [2.24, 2.45) is 0 Å². The van der Waals surface area contributed by atoms with Crippen molar-refractivity contribution in [2.45, 2.75) is 25.4 Å². The Labute approximate surface area is 149 Å². The van der Waals surface area contributed by atoms with Gasteiger partial charge in [-0.3, -0.25) is 4.90 Å². The lowest BCUT2D eigenvalue weighted by Gasteiger charge is -2.30. The summed E-state index contributed by atoms with van der Waals surface area (Å²) in [6, 6.07) is 7.71. The third kappa shape index (κ3) is 4.62. The summed E-state index contributed by atoms with van der Waals surface area (Å²) in [5.41, 5.74) is 0.868. The summed E-state index contributed by atoms with van der Waals surface area (Å²) in [7, 11) is -3.15. The molecular formula is C15H19BrN4O3S. The van der Waals surface area contributed by atoms with Gasteiger partial charge in [0.15, 0.2) is 0 Å². The van der Waals surface area contributed by atoms with Crippen LogP contribution in [0, 0.1) is 0 Å². The SMILES string of the molecule is CS(=O)(=O)NC1CCN(Cc2nnc(-c3ccccc3Br)o2)CC1. The van der Waals surface area contributed by atoms with Crippen LogP contribution in [0.2, 0.25) is 0 Å².